The molecule has 0 amide bonds. The van der Waals surface area contributed by atoms with E-state index in [2.05, 4.69) is 53.6 Å². The predicted octanol–water partition coefficient (Wildman–Crippen LogP) is 3.62. The number of nitrogens with zero attached hydrogens (tertiary/aromatic N) is 3. The number of likely N-dealkylation sites (N-methyl/N-ethyl adjacent to an activating group) is 1. The van der Waals surface area contributed by atoms with E-state index >= 15 is 0 Å². The van der Waals surface area contributed by atoms with Crippen LogP contribution in [0.15, 0.2) is 24.4 Å². The minimum atomic E-state index is 0.451. The SMILES string of the molecule is CC(C)n1cc(CN2CCN(C)CC2)c2ccc(Cl)cc21. The highest BCUT2D eigenvalue weighted by atomic mass is 35.5. The summed E-state index contributed by atoms with van der Waals surface area (Å²) in [6, 6.07) is 6.71. The molecule has 0 spiro atoms. The van der Waals surface area contributed by atoms with Gasteiger partial charge in [-0.15, -0.1) is 0 Å². The summed E-state index contributed by atoms with van der Waals surface area (Å²) >= 11 is 6.18. The molecular formula is C17H24ClN3. The molecule has 2 aromatic rings. The van der Waals surface area contributed by atoms with Crippen LogP contribution in [0.25, 0.3) is 10.9 Å². The quantitative estimate of drug-likeness (QED) is 0.858. The van der Waals surface area contributed by atoms with Crippen molar-refractivity contribution in [3.63, 3.8) is 0 Å². The first kappa shape index (κ1) is 14.9. The number of rotatable bonds is 3. The fraction of sp³-hybridized carbons (Fsp3) is 0.529. The lowest BCUT2D eigenvalue weighted by Crippen LogP contribution is -2.43. The molecule has 0 saturated carbocycles. The predicted molar refractivity (Wildman–Crippen MR) is 90.1 cm³/mol. The highest BCUT2D eigenvalue weighted by Crippen LogP contribution is 2.28. The Labute approximate surface area is 132 Å². The van der Waals surface area contributed by atoms with Crippen LogP contribution in [0.3, 0.4) is 0 Å². The second-order valence-corrected chi connectivity index (χ2v) is 6.83. The molecule has 114 valence electrons. The molecule has 2 heterocycles. The minimum Gasteiger partial charge on any atom is -0.345 e. The van der Waals surface area contributed by atoms with E-state index in [9.17, 15) is 0 Å². The van der Waals surface area contributed by atoms with Crippen LogP contribution in [0.5, 0.6) is 0 Å². The molecule has 4 heteroatoms. The van der Waals surface area contributed by atoms with Crippen molar-refractivity contribution in [2.45, 2.75) is 26.4 Å². The molecule has 1 aromatic carbocycles. The van der Waals surface area contributed by atoms with Crippen molar-refractivity contribution in [3.8, 4) is 0 Å². The Morgan fingerprint density at radius 3 is 2.52 bits per heavy atom. The standard InChI is InChI=1S/C17H24ClN3/c1-13(2)21-12-14(11-20-8-6-19(3)7-9-20)16-5-4-15(18)10-17(16)21/h4-5,10,12-13H,6-9,11H2,1-3H3. The van der Waals surface area contributed by atoms with E-state index in [0.29, 0.717) is 6.04 Å². The molecule has 1 aliphatic rings. The number of piperazine rings is 1. The van der Waals surface area contributed by atoms with Gasteiger partial charge in [0, 0.05) is 55.4 Å². The maximum atomic E-state index is 6.18. The molecule has 1 saturated heterocycles. The Kier molecular flexibility index (Phi) is 4.25. The summed E-state index contributed by atoms with van der Waals surface area (Å²) in [5.41, 5.74) is 2.67. The third kappa shape index (κ3) is 3.10. The van der Waals surface area contributed by atoms with Crippen LogP contribution in [-0.2, 0) is 6.54 Å². The molecule has 1 aromatic heterocycles. The van der Waals surface area contributed by atoms with Crippen LogP contribution in [0.4, 0.5) is 0 Å². The largest absolute Gasteiger partial charge is 0.345 e. The minimum absolute atomic E-state index is 0.451. The van der Waals surface area contributed by atoms with Gasteiger partial charge in [-0.25, -0.2) is 0 Å². The molecule has 1 aliphatic heterocycles. The summed E-state index contributed by atoms with van der Waals surface area (Å²) in [6.07, 6.45) is 2.31. The van der Waals surface area contributed by atoms with Gasteiger partial charge in [-0.2, -0.15) is 0 Å². The lowest BCUT2D eigenvalue weighted by molar-refractivity contribution is 0.148. The van der Waals surface area contributed by atoms with Crippen LogP contribution >= 0.6 is 11.6 Å². The molecule has 0 bridgehead atoms. The van der Waals surface area contributed by atoms with Crippen LogP contribution in [-0.4, -0.2) is 47.6 Å². The molecule has 0 atom stereocenters. The maximum Gasteiger partial charge on any atom is 0.0501 e. The van der Waals surface area contributed by atoms with Crippen molar-refractivity contribution in [1.82, 2.24) is 14.4 Å². The highest BCUT2D eigenvalue weighted by molar-refractivity contribution is 6.31. The van der Waals surface area contributed by atoms with Gasteiger partial charge >= 0.3 is 0 Å². The summed E-state index contributed by atoms with van der Waals surface area (Å²) < 4.78 is 2.34. The van der Waals surface area contributed by atoms with Crippen LogP contribution in [0.2, 0.25) is 5.02 Å². The van der Waals surface area contributed by atoms with Gasteiger partial charge in [-0.1, -0.05) is 17.7 Å². The van der Waals surface area contributed by atoms with E-state index in [0.717, 1.165) is 37.7 Å². The number of hydrogen-bond acceptors (Lipinski definition) is 2. The number of aromatic nitrogens is 1. The van der Waals surface area contributed by atoms with Crippen molar-refractivity contribution in [3.05, 3.63) is 35.0 Å². The van der Waals surface area contributed by atoms with Crippen molar-refractivity contribution in [1.29, 1.82) is 0 Å². The second kappa shape index (κ2) is 5.99. The first-order chi connectivity index (χ1) is 10.0. The number of benzene rings is 1. The van der Waals surface area contributed by atoms with Crippen molar-refractivity contribution in [2.75, 3.05) is 33.2 Å². The van der Waals surface area contributed by atoms with Crippen LogP contribution in [0, 0.1) is 0 Å². The maximum absolute atomic E-state index is 6.18. The summed E-state index contributed by atoms with van der Waals surface area (Å²) in [5.74, 6) is 0. The molecule has 3 nitrogen and oxygen atoms in total. The van der Waals surface area contributed by atoms with Crippen molar-refractivity contribution >= 4 is 22.5 Å². The molecular weight excluding hydrogens is 282 g/mol. The number of fused-ring (bicyclic) bond motifs is 1. The average molecular weight is 306 g/mol. The zero-order valence-electron chi connectivity index (χ0n) is 13.1. The number of hydrogen-bond donors (Lipinski definition) is 0. The molecule has 1 fully saturated rings. The Bertz CT molecular complexity index is 624. The molecule has 0 radical (unpaired) electrons. The normalized spacial score (nSPS) is 18.0. The molecule has 0 aliphatic carbocycles. The van der Waals surface area contributed by atoms with Gasteiger partial charge in [0.15, 0.2) is 0 Å². The zero-order chi connectivity index (χ0) is 15.0. The van der Waals surface area contributed by atoms with Crippen LogP contribution in [0.1, 0.15) is 25.5 Å². The summed E-state index contributed by atoms with van der Waals surface area (Å²) in [7, 11) is 2.20. The van der Waals surface area contributed by atoms with Gasteiger partial charge in [0.2, 0.25) is 0 Å². The second-order valence-electron chi connectivity index (χ2n) is 6.40. The Balaban J connectivity index is 1.91. The molecule has 21 heavy (non-hydrogen) atoms. The van der Waals surface area contributed by atoms with Gasteiger partial charge < -0.3 is 9.47 Å². The summed E-state index contributed by atoms with van der Waals surface area (Å²) in [6.45, 7) is 10.1. The Morgan fingerprint density at radius 1 is 1.14 bits per heavy atom. The fourth-order valence-corrected chi connectivity index (χ4v) is 3.26. The van der Waals surface area contributed by atoms with Crippen molar-refractivity contribution < 1.29 is 0 Å². The molecule has 0 unspecified atom stereocenters. The van der Waals surface area contributed by atoms with Gasteiger partial charge in [0.05, 0.1) is 5.52 Å². The smallest absolute Gasteiger partial charge is 0.0501 e. The van der Waals surface area contributed by atoms with Gasteiger partial charge in [-0.05, 0) is 38.6 Å². The van der Waals surface area contributed by atoms with E-state index in [-0.39, 0.29) is 0 Å². The first-order valence-corrected chi connectivity index (χ1v) is 8.12. The van der Waals surface area contributed by atoms with E-state index in [1.807, 2.05) is 6.07 Å². The molecule has 3 rings (SSSR count). The van der Waals surface area contributed by atoms with Gasteiger partial charge in [-0.3, -0.25) is 4.90 Å². The Morgan fingerprint density at radius 2 is 1.86 bits per heavy atom. The summed E-state index contributed by atoms with van der Waals surface area (Å²) in [5, 5.41) is 2.15. The van der Waals surface area contributed by atoms with E-state index < -0.39 is 0 Å². The molecule has 0 N–H and O–H groups in total. The third-order valence-corrected chi connectivity index (χ3v) is 4.66. The Hall–Kier alpha value is -1.03. The lowest BCUT2D eigenvalue weighted by Gasteiger charge is -2.32. The van der Waals surface area contributed by atoms with E-state index in [1.54, 1.807) is 0 Å². The number of halogens is 1. The van der Waals surface area contributed by atoms with Gasteiger partial charge in [0.25, 0.3) is 0 Å². The van der Waals surface area contributed by atoms with Crippen LogP contribution < -0.4 is 0 Å². The van der Waals surface area contributed by atoms with Crippen molar-refractivity contribution in [2.24, 2.45) is 0 Å². The third-order valence-electron chi connectivity index (χ3n) is 4.43. The summed E-state index contributed by atoms with van der Waals surface area (Å²) in [4.78, 5) is 4.95. The van der Waals surface area contributed by atoms with Gasteiger partial charge in [0.1, 0.15) is 0 Å². The first-order valence-electron chi connectivity index (χ1n) is 7.74. The average Bonchev–Trinajstić information content (AvgIpc) is 2.79. The fourth-order valence-electron chi connectivity index (χ4n) is 3.10. The topological polar surface area (TPSA) is 11.4 Å². The highest BCUT2D eigenvalue weighted by Gasteiger charge is 2.17. The van der Waals surface area contributed by atoms with E-state index in [4.69, 9.17) is 11.6 Å². The van der Waals surface area contributed by atoms with E-state index in [1.165, 1.54) is 16.5 Å². The lowest BCUT2D eigenvalue weighted by atomic mass is 10.1. The monoisotopic (exact) mass is 305 g/mol. The zero-order valence-corrected chi connectivity index (χ0v) is 13.9.